The molecule has 0 atom stereocenters. The van der Waals surface area contributed by atoms with E-state index >= 15 is 0 Å². The molecular weight excluding hydrogens is 462 g/mol. The largest absolute Gasteiger partial charge is 0.481 e. The van der Waals surface area contributed by atoms with Gasteiger partial charge in [0.25, 0.3) is 0 Å². The Bertz CT molecular complexity index is 784. The van der Waals surface area contributed by atoms with Gasteiger partial charge in [0.15, 0.2) is 5.96 Å². The molecule has 1 fully saturated rings. The number of rotatable bonds is 4. The zero-order valence-corrected chi connectivity index (χ0v) is 18.2. The highest BCUT2D eigenvalue weighted by molar-refractivity contribution is 14.0. The Kier molecular flexibility index (Phi) is 7.28. The van der Waals surface area contributed by atoms with Crippen molar-refractivity contribution in [1.82, 2.24) is 14.7 Å². The van der Waals surface area contributed by atoms with Crippen LogP contribution in [0.2, 0.25) is 0 Å². The molecule has 27 heavy (non-hydrogen) atoms. The quantitative estimate of drug-likeness (QED) is 0.406. The molecule has 1 aromatic heterocycles. The van der Waals surface area contributed by atoms with Crippen molar-refractivity contribution in [2.75, 3.05) is 38.2 Å². The molecule has 1 aromatic carbocycles. The first-order valence-corrected chi connectivity index (χ1v) is 8.61. The fourth-order valence-corrected chi connectivity index (χ4v) is 3.22. The summed E-state index contributed by atoms with van der Waals surface area (Å²) in [6, 6.07) is 6.59. The van der Waals surface area contributed by atoms with Crippen LogP contribution in [0.25, 0.3) is 0 Å². The second kappa shape index (κ2) is 9.25. The number of ether oxygens (including phenoxy) is 1. The van der Waals surface area contributed by atoms with Crippen LogP contribution in [0.5, 0.6) is 5.88 Å². The van der Waals surface area contributed by atoms with Gasteiger partial charge >= 0.3 is 0 Å². The maximum atomic E-state index is 13.1. The van der Waals surface area contributed by atoms with Crippen LogP contribution in [-0.4, -0.2) is 53.9 Å². The molecule has 1 aliphatic heterocycles. The normalized spacial score (nSPS) is 14.9. The molecule has 2 N–H and O–H groups in total. The van der Waals surface area contributed by atoms with Crippen molar-refractivity contribution >= 4 is 35.6 Å². The summed E-state index contributed by atoms with van der Waals surface area (Å²) in [5.74, 6) is 1.01. The van der Waals surface area contributed by atoms with Crippen molar-refractivity contribution < 1.29 is 9.13 Å². The van der Waals surface area contributed by atoms with E-state index in [0.29, 0.717) is 18.4 Å². The van der Waals surface area contributed by atoms with Crippen LogP contribution < -0.4 is 15.4 Å². The number of nitrogens with two attached hydrogens (primary N) is 1. The smallest absolute Gasteiger partial charge is 0.216 e. The molecule has 2 aromatic rings. The molecule has 0 amide bonds. The molecule has 1 saturated heterocycles. The summed E-state index contributed by atoms with van der Waals surface area (Å²) in [5.41, 5.74) is 9.05. The molecule has 0 aliphatic carbocycles. The van der Waals surface area contributed by atoms with Gasteiger partial charge in [-0.05, 0) is 31.2 Å². The third-order valence-corrected chi connectivity index (χ3v) is 4.68. The van der Waals surface area contributed by atoms with Crippen molar-refractivity contribution in [3.8, 4) is 5.88 Å². The van der Waals surface area contributed by atoms with Gasteiger partial charge in [-0.25, -0.2) is 14.1 Å². The van der Waals surface area contributed by atoms with Gasteiger partial charge < -0.3 is 20.3 Å². The average molecular weight is 488 g/mol. The lowest BCUT2D eigenvalue weighted by Crippen LogP contribution is -2.51. The van der Waals surface area contributed by atoms with Gasteiger partial charge in [-0.3, -0.25) is 0 Å². The van der Waals surface area contributed by atoms with Crippen molar-refractivity contribution in [3.05, 3.63) is 41.3 Å². The molecule has 0 spiro atoms. The number of hydrogen-bond donors (Lipinski definition) is 1. The summed E-state index contributed by atoms with van der Waals surface area (Å²) in [4.78, 5) is 8.82. The predicted molar refractivity (Wildman–Crippen MR) is 115 cm³/mol. The Hall–Kier alpha value is -2.04. The molecule has 7 nitrogen and oxygen atoms in total. The van der Waals surface area contributed by atoms with Crippen LogP contribution in [0.15, 0.2) is 29.3 Å². The topological polar surface area (TPSA) is 71.9 Å². The van der Waals surface area contributed by atoms with E-state index in [4.69, 9.17) is 10.5 Å². The lowest BCUT2D eigenvalue weighted by molar-refractivity contribution is 0.368. The standard InChI is InChI=1S/C18H25FN6O.HI/c1-13-16(17(26-3)23(2)22-13)12-21-18(20)25-10-8-24(9-11-25)15-6-4-14(19)5-7-15;/h4-7H,8-12H2,1-3H3,(H2,20,21);1H. The zero-order valence-electron chi connectivity index (χ0n) is 15.9. The van der Waals surface area contributed by atoms with Crippen LogP contribution in [0.4, 0.5) is 10.1 Å². The molecule has 9 heteroatoms. The minimum absolute atomic E-state index is 0. The van der Waals surface area contributed by atoms with Crippen LogP contribution in [0, 0.1) is 12.7 Å². The second-order valence-electron chi connectivity index (χ2n) is 6.32. The maximum Gasteiger partial charge on any atom is 0.216 e. The summed E-state index contributed by atoms with van der Waals surface area (Å²) in [7, 11) is 3.47. The van der Waals surface area contributed by atoms with Gasteiger partial charge in [-0.2, -0.15) is 5.10 Å². The van der Waals surface area contributed by atoms with Gasteiger partial charge in [-0.15, -0.1) is 24.0 Å². The summed E-state index contributed by atoms with van der Waals surface area (Å²) in [5, 5.41) is 4.36. The molecule has 3 rings (SSSR count). The molecule has 0 radical (unpaired) electrons. The van der Waals surface area contributed by atoms with Crippen molar-refractivity contribution in [1.29, 1.82) is 0 Å². The molecule has 1 aliphatic rings. The van der Waals surface area contributed by atoms with E-state index in [-0.39, 0.29) is 29.8 Å². The lowest BCUT2D eigenvalue weighted by Gasteiger charge is -2.36. The van der Waals surface area contributed by atoms with Gasteiger partial charge in [0.1, 0.15) is 5.82 Å². The maximum absolute atomic E-state index is 13.1. The number of halogens is 2. The van der Waals surface area contributed by atoms with Crippen molar-refractivity contribution in [3.63, 3.8) is 0 Å². The summed E-state index contributed by atoms with van der Waals surface area (Å²) >= 11 is 0. The van der Waals surface area contributed by atoms with Crippen LogP contribution in [0.1, 0.15) is 11.3 Å². The van der Waals surface area contributed by atoms with E-state index < -0.39 is 0 Å². The average Bonchev–Trinajstić information content (AvgIpc) is 2.93. The van der Waals surface area contributed by atoms with Crippen molar-refractivity contribution in [2.45, 2.75) is 13.5 Å². The highest BCUT2D eigenvalue weighted by atomic mass is 127. The first kappa shape index (κ1) is 21.3. The highest BCUT2D eigenvalue weighted by Crippen LogP contribution is 2.22. The molecule has 148 valence electrons. The van der Waals surface area contributed by atoms with Gasteiger partial charge in [0.2, 0.25) is 5.88 Å². The zero-order chi connectivity index (χ0) is 18.7. The van der Waals surface area contributed by atoms with E-state index in [0.717, 1.165) is 43.1 Å². The molecule has 0 bridgehead atoms. The first-order valence-electron chi connectivity index (χ1n) is 8.61. The number of benzene rings is 1. The van der Waals surface area contributed by atoms with E-state index in [9.17, 15) is 4.39 Å². The Labute approximate surface area is 176 Å². The number of methoxy groups -OCH3 is 1. The number of aryl methyl sites for hydroxylation is 2. The van der Waals surface area contributed by atoms with Gasteiger partial charge in [0.05, 0.1) is 24.9 Å². The molecule has 2 heterocycles. The van der Waals surface area contributed by atoms with E-state index in [1.807, 2.05) is 14.0 Å². The van der Waals surface area contributed by atoms with Crippen LogP contribution in [0.3, 0.4) is 0 Å². The fraction of sp³-hybridized carbons (Fsp3) is 0.444. The van der Waals surface area contributed by atoms with E-state index in [1.165, 1.54) is 12.1 Å². The van der Waals surface area contributed by atoms with E-state index in [2.05, 4.69) is 19.9 Å². The van der Waals surface area contributed by atoms with E-state index in [1.54, 1.807) is 23.9 Å². The van der Waals surface area contributed by atoms with Crippen LogP contribution >= 0.6 is 24.0 Å². The van der Waals surface area contributed by atoms with Gasteiger partial charge in [0, 0.05) is 38.9 Å². The van der Waals surface area contributed by atoms with Crippen molar-refractivity contribution in [2.24, 2.45) is 17.8 Å². The summed E-state index contributed by atoms with van der Waals surface area (Å²) in [6.07, 6.45) is 0. The predicted octanol–water partition coefficient (Wildman–Crippen LogP) is 2.13. The molecular formula is C18H26FIN6O. The first-order chi connectivity index (χ1) is 12.5. The number of hydrogen-bond acceptors (Lipinski definition) is 4. The number of aliphatic imine (C=N–C) groups is 1. The number of anilines is 1. The fourth-order valence-electron chi connectivity index (χ4n) is 3.22. The van der Waals surface area contributed by atoms with Crippen LogP contribution in [-0.2, 0) is 13.6 Å². The number of aromatic nitrogens is 2. The number of nitrogens with zero attached hydrogens (tertiary/aromatic N) is 5. The summed E-state index contributed by atoms with van der Waals surface area (Å²) < 4.78 is 20.2. The van der Waals surface area contributed by atoms with Gasteiger partial charge in [-0.1, -0.05) is 0 Å². The lowest BCUT2D eigenvalue weighted by atomic mass is 10.2. The Morgan fingerprint density at radius 3 is 2.44 bits per heavy atom. The highest BCUT2D eigenvalue weighted by Gasteiger charge is 2.19. The minimum atomic E-state index is -0.218. The second-order valence-corrected chi connectivity index (χ2v) is 6.32. The Balaban J connectivity index is 0.00000261. The minimum Gasteiger partial charge on any atom is -0.481 e. The number of guanidine groups is 1. The third kappa shape index (κ3) is 4.82. The SMILES string of the molecule is COc1c(CN=C(N)N2CCN(c3ccc(F)cc3)CC2)c(C)nn1C.I. The molecule has 0 saturated carbocycles. The molecule has 0 unspecified atom stereocenters. The Morgan fingerprint density at radius 1 is 1.22 bits per heavy atom. The monoisotopic (exact) mass is 488 g/mol. The number of piperazine rings is 1. The third-order valence-electron chi connectivity index (χ3n) is 4.68. The summed E-state index contributed by atoms with van der Waals surface area (Å²) in [6.45, 7) is 5.55. The Morgan fingerprint density at radius 2 is 1.85 bits per heavy atom.